The molecule has 1 N–H and O–H groups in total. The summed E-state index contributed by atoms with van der Waals surface area (Å²) in [6.07, 6.45) is 0. The summed E-state index contributed by atoms with van der Waals surface area (Å²) in [6, 6.07) is 8.98. The summed E-state index contributed by atoms with van der Waals surface area (Å²) >= 11 is 3.59. The van der Waals surface area contributed by atoms with Crippen LogP contribution in [0.25, 0.3) is 0 Å². The standard InChI is InChI=1S/C14H18N2S2/c1-10-4-6-12(7-5-10)17-9-14-16-13(8-18-14)11(2)15-3/h4-8,11,15H,9H2,1-3H3. The molecule has 1 atom stereocenters. The van der Waals surface area contributed by atoms with Gasteiger partial charge in [-0.2, -0.15) is 0 Å². The van der Waals surface area contributed by atoms with E-state index < -0.39 is 0 Å². The van der Waals surface area contributed by atoms with Crippen molar-refractivity contribution in [2.45, 2.75) is 30.5 Å². The summed E-state index contributed by atoms with van der Waals surface area (Å²) in [5, 5.41) is 6.55. The second-order valence-corrected chi connectivity index (χ2v) is 6.27. The van der Waals surface area contributed by atoms with Gasteiger partial charge in [-0.25, -0.2) is 4.98 Å². The average Bonchev–Trinajstić information content (AvgIpc) is 2.86. The molecule has 4 heteroatoms. The maximum Gasteiger partial charge on any atom is 0.103 e. The van der Waals surface area contributed by atoms with Gasteiger partial charge in [0.2, 0.25) is 0 Å². The Kier molecular flexibility index (Phi) is 4.80. The highest BCUT2D eigenvalue weighted by Crippen LogP contribution is 2.25. The van der Waals surface area contributed by atoms with Gasteiger partial charge >= 0.3 is 0 Å². The summed E-state index contributed by atoms with van der Waals surface area (Å²) in [6.45, 7) is 4.24. The molecule has 1 unspecified atom stereocenters. The molecule has 18 heavy (non-hydrogen) atoms. The molecule has 2 nitrogen and oxygen atoms in total. The number of benzene rings is 1. The molecule has 2 aromatic rings. The molecule has 0 aliphatic carbocycles. The van der Waals surface area contributed by atoms with Crippen LogP contribution in [0.3, 0.4) is 0 Å². The Morgan fingerprint density at radius 2 is 2.06 bits per heavy atom. The van der Waals surface area contributed by atoms with Crippen LogP contribution in [0, 0.1) is 6.92 Å². The van der Waals surface area contributed by atoms with E-state index in [1.165, 1.54) is 15.5 Å². The maximum atomic E-state index is 4.65. The third-order valence-corrected chi connectivity index (χ3v) is 4.90. The molecular formula is C14H18N2S2. The van der Waals surface area contributed by atoms with Crippen LogP contribution < -0.4 is 5.32 Å². The first-order valence-corrected chi connectivity index (χ1v) is 7.86. The van der Waals surface area contributed by atoms with Crippen LogP contribution in [0.4, 0.5) is 0 Å². The first-order chi connectivity index (χ1) is 8.69. The molecule has 0 spiro atoms. The Bertz CT molecular complexity index is 491. The third-order valence-electron chi connectivity index (χ3n) is 2.83. The fourth-order valence-corrected chi connectivity index (χ4v) is 3.32. The molecule has 0 saturated carbocycles. The molecule has 2 rings (SSSR count). The molecule has 1 aromatic carbocycles. The lowest BCUT2D eigenvalue weighted by Gasteiger charge is -2.05. The van der Waals surface area contributed by atoms with Crippen LogP contribution in [0.1, 0.15) is 29.2 Å². The fourth-order valence-electron chi connectivity index (χ4n) is 1.52. The van der Waals surface area contributed by atoms with E-state index in [1.807, 2.05) is 18.8 Å². The van der Waals surface area contributed by atoms with E-state index in [4.69, 9.17) is 0 Å². The van der Waals surface area contributed by atoms with Crippen molar-refractivity contribution >= 4 is 23.1 Å². The Morgan fingerprint density at radius 1 is 1.33 bits per heavy atom. The quantitative estimate of drug-likeness (QED) is 0.836. The Hall–Kier alpha value is -0.840. The summed E-state index contributed by atoms with van der Waals surface area (Å²) in [7, 11) is 1.96. The fraction of sp³-hybridized carbons (Fsp3) is 0.357. The predicted octanol–water partition coefficient (Wildman–Crippen LogP) is 4.02. The van der Waals surface area contributed by atoms with Gasteiger partial charge in [0.25, 0.3) is 0 Å². The van der Waals surface area contributed by atoms with Crippen molar-refractivity contribution in [2.75, 3.05) is 7.05 Å². The minimum atomic E-state index is 0.333. The summed E-state index contributed by atoms with van der Waals surface area (Å²) in [5.41, 5.74) is 2.45. The largest absolute Gasteiger partial charge is 0.312 e. The summed E-state index contributed by atoms with van der Waals surface area (Å²) in [5.74, 6) is 0.949. The summed E-state index contributed by atoms with van der Waals surface area (Å²) in [4.78, 5) is 5.95. The molecule has 0 fully saturated rings. The average molecular weight is 278 g/mol. The normalized spacial score (nSPS) is 12.6. The van der Waals surface area contributed by atoms with Gasteiger partial charge in [-0.1, -0.05) is 17.7 Å². The number of hydrogen-bond donors (Lipinski definition) is 1. The van der Waals surface area contributed by atoms with Crippen LogP contribution in [-0.4, -0.2) is 12.0 Å². The van der Waals surface area contributed by atoms with E-state index in [0.717, 1.165) is 11.4 Å². The molecular weight excluding hydrogens is 260 g/mol. The zero-order valence-corrected chi connectivity index (χ0v) is 12.6. The van der Waals surface area contributed by atoms with Crippen molar-refractivity contribution in [3.8, 4) is 0 Å². The highest BCUT2D eigenvalue weighted by Gasteiger charge is 2.08. The number of nitrogens with zero attached hydrogens (tertiary/aromatic N) is 1. The van der Waals surface area contributed by atoms with E-state index in [9.17, 15) is 0 Å². The van der Waals surface area contributed by atoms with E-state index in [-0.39, 0.29) is 0 Å². The lowest BCUT2D eigenvalue weighted by Crippen LogP contribution is -2.12. The number of aryl methyl sites for hydroxylation is 1. The highest BCUT2D eigenvalue weighted by atomic mass is 32.2. The van der Waals surface area contributed by atoms with Gasteiger partial charge in [0.05, 0.1) is 11.4 Å². The predicted molar refractivity (Wildman–Crippen MR) is 80.3 cm³/mol. The molecule has 0 aliphatic heterocycles. The molecule has 0 saturated heterocycles. The summed E-state index contributed by atoms with van der Waals surface area (Å²) < 4.78 is 0. The number of thioether (sulfide) groups is 1. The molecule has 0 aliphatic rings. The van der Waals surface area contributed by atoms with E-state index in [0.29, 0.717) is 6.04 Å². The van der Waals surface area contributed by atoms with Crippen molar-refractivity contribution in [1.29, 1.82) is 0 Å². The first kappa shape index (κ1) is 13.6. The number of hydrogen-bond acceptors (Lipinski definition) is 4. The topological polar surface area (TPSA) is 24.9 Å². The molecule has 0 radical (unpaired) electrons. The van der Waals surface area contributed by atoms with Gasteiger partial charge in [0.1, 0.15) is 5.01 Å². The van der Waals surface area contributed by atoms with Crippen LogP contribution in [0.15, 0.2) is 34.5 Å². The van der Waals surface area contributed by atoms with Gasteiger partial charge in [-0.05, 0) is 33.0 Å². The van der Waals surface area contributed by atoms with Crippen LogP contribution in [0.2, 0.25) is 0 Å². The van der Waals surface area contributed by atoms with E-state index >= 15 is 0 Å². The van der Waals surface area contributed by atoms with Gasteiger partial charge in [0.15, 0.2) is 0 Å². The van der Waals surface area contributed by atoms with Gasteiger partial charge in [-0.15, -0.1) is 23.1 Å². The molecule has 0 bridgehead atoms. The van der Waals surface area contributed by atoms with Crippen molar-refractivity contribution < 1.29 is 0 Å². The second kappa shape index (κ2) is 6.36. The lowest BCUT2D eigenvalue weighted by atomic mass is 10.2. The molecule has 96 valence electrons. The van der Waals surface area contributed by atoms with Crippen molar-refractivity contribution in [2.24, 2.45) is 0 Å². The van der Waals surface area contributed by atoms with Gasteiger partial charge in [0, 0.05) is 16.3 Å². The third kappa shape index (κ3) is 3.57. The lowest BCUT2D eigenvalue weighted by molar-refractivity contribution is 0.635. The Labute approximate surface area is 117 Å². The van der Waals surface area contributed by atoms with Gasteiger partial charge in [-0.3, -0.25) is 0 Å². The maximum absolute atomic E-state index is 4.65. The smallest absolute Gasteiger partial charge is 0.103 e. The van der Waals surface area contributed by atoms with Crippen molar-refractivity contribution in [1.82, 2.24) is 10.3 Å². The zero-order chi connectivity index (χ0) is 13.0. The molecule has 1 aromatic heterocycles. The number of nitrogens with one attached hydrogen (secondary N) is 1. The Balaban J connectivity index is 1.94. The minimum Gasteiger partial charge on any atom is -0.312 e. The number of thiazole rings is 1. The number of rotatable bonds is 5. The molecule has 1 heterocycles. The zero-order valence-electron chi connectivity index (χ0n) is 10.9. The van der Waals surface area contributed by atoms with E-state index in [1.54, 1.807) is 11.3 Å². The Morgan fingerprint density at radius 3 is 2.72 bits per heavy atom. The SMILES string of the molecule is CNC(C)c1csc(CSc2ccc(C)cc2)n1. The minimum absolute atomic E-state index is 0.333. The monoisotopic (exact) mass is 278 g/mol. The highest BCUT2D eigenvalue weighted by molar-refractivity contribution is 7.98. The van der Waals surface area contributed by atoms with Crippen molar-refractivity contribution in [3.05, 3.63) is 45.9 Å². The van der Waals surface area contributed by atoms with Crippen LogP contribution in [-0.2, 0) is 5.75 Å². The van der Waals surface area contributed by atoms with Crippen LogP contribution >= 0.6 is 23.1 Å². The molecule has 0 amide bonds. The van der Waals surface area contributed by atoms with E-state index in [2.05, 4.69) is 53.8 Å². The van der Waals surface area contributed by atoms with Crippen LogP contribution in [0.5, 0.6) is 0 Å². The van der Waals surface area contributed by atoms with Crippen molar-refractivity contribution in [3.63, 3.8) is 0 Å². The first-order valence-electron chi connectivity index (χ1n) is 6.00. The van der Waals surface area contributed by atoms with Gasteiger partial charge < -0.3 is 5.32 Å². The second-order valence-electron chi connectivity index (χ2n) is 4.28. The number of aromatic nitrogens is 1.